The number of nitrogens with zero attached hydrogens (tertiary/aromatic N) is 3. The number of thiophene rings is 1. The summed E-state index contributed by atoms with van der Waals surface area (Å²) in [5.74, 6) is 1.40. The van der Waals surface area contributed by atoms with Crippen LogP contribution in [0.2, 0.25) is 0 Å². The second-order valence-corrected chi connectivity index (χ2v) is 9.58. The Bertz CT molecular complexity index is 968. The normalized spacial score (nSPS) is 16.6. The first-order valence-electron chi connectivity index (χ1n) is 10.7. The van der Waals surface area contributed by atoms with Gasteiger partial charge >= 0.3 is 0 Å². The number of piperidine rings is 1. The van der Waals surface area contributed by atoms with Crippen molar-refractivity contribution in [3.8, 4) is 5.75 Å². The Morgan fingerprint density at radius 1 is 1.23 bits per heavy atom. The number of amides is 1. The first-order valence-corrected chi connectivity index (χ1v) is 11.5. The van der Waals surface area contributed by atoms with E-state index < -0.39 is 0 Å². The van der Waals surface area contributed by atoms with Crippen LogP contribution in [0.25, 0.3) is 0 Å². The van der Waals surface area contributed by atoms with Crippen molar-refractivity contribution < 1.29 is 14.1 Å². The van der Waals surface area contributed by atoms with Gasteiger partial charge in [0.05, 0.1) is 17.2 Å². The maximum Gasteiger partial charge on any atom is 0.263 e. The van der Waals surface area contributed by atoms with Crippen molar-refractivity contribution in [2.45, 2.75) is 32.9 Å². The van der Waals surface area contributed by atoms with Crippen molar-refractivity contribution >= 4 is 17.2 Å². The topological polar surface area (TPSA) is 58.8 Å². The zero-order valence-electron chi connectivity index (χ0n) is 18.1. The number of ether oxygens (including phenoxy) is 1. The Kier molecular flexibility index (Phi) is 7.04. The molecule has 2 aromatic heterocycles. The highest BCUT2D eigenvalue weighted by Crippen LogP contribution is 2.23. The molecule has 0 spiro atoms. The lowest BCUT2D eigenvalue weighted by molar-refractivity contribution is 0.0638. The van der Waals surface area contributed by atoms with E-state index in [9.17, 15) is 4.79 Å². The van der Waals surface area contributed by atoms with Gasteiger partial charge in [-0.15, -0.1) is 11.3 Å². The van der Waals surface area contributed by atoms with Crippen LogP contribution in [0, 0.1) is 12.8 Å². The second-order valence-electron chi connectivity index (χ2n) is 8.29. The Labute approximate surface area is 187 Å². The number of hydrogen-bond donors (Lipinski definition) is 0. The zero-order chi connectivity index (χ0) is 21.6. The first kappa shape index (κ1) is 21.6. The minimum atomic E-state index is 0.155. The van der Waals surface area contributed by atoms with E-state index in [1.807, 2.05) is 42.2 Å². The Morgan fingerprint density at radius 3 is 2.77 bits per heavy atom. The second kappa shape index (κ2) is 10.1. The summed E-state index contributed by atoms with van der Waals surface area (Å²) in [7, 11) is 2.06. The molecule has 3 aromatic rings. The third-order valence-electron chi connectivity index (χ3n) is 5.54. The van der Waals surface area contributed by atoms with Gasteiger partial charge in [0.15, 0.2) is 0 Å². The van der Waals surface area contributed by atoms with Crippen LogP contribution >= 0.6 is 11.3 Å². The zero-order valence-corrected chi connectivity index (χ0v) is 18.9. The minimum absolute atomic E-state index is 0.155. The number of aryl methyl sites for hydroxylation is 1. The van der Waals surface area contributed by atoms with Gasteiger partial charge < -0.3 is 14.2 Å². The van der Waals surface area contributed by atoms with Gasteiger partial charge in [-0.2, -0.15) is 0 Å². The fourth-order valence-corrected chi connectivity index (χ4v) is 4.79. The van der Waals surface area contributed by atoms with E-state index in [1.54, 1.807) is 17.6 Å². The summed E-state index contributed by atoms with van der Waals surface area (Å²) < 4.78 is 10.9. The number of rotatable bonds is 8. The maximum absolute atomic E-state index is 12.7. The van der Waals surface area contributed by atoms with Crippen LogP contribution in [-0.2, 0) is 13.1 Å². The highest BCUT2D eigenvalue weighted by atomic mass is 32.1. The molecule has 1 fully saturated rings. The smallest absolute Gasteiger partial charge is 0.263 e. The molecule has 1 aromatic carbocycles. The van der Waals surface area contributed by atoms with Crippen LogP contribution in [-0.4, -0.2) is 47.6 Å². The molecule has 31 heavy (non-hydrogen) atoms. The standard InChI is InChI=1S/C24H29N3O3S/c1-18-5-10-23(31-18)24(28)27-12-3-4-20(15-27)17-29-22-8-6-19(7-9-22)14-26(2)16-21-11-13-30-25-21/h5-11,13,20H,3-4,12,14-17H2,1-2H3/t20-/m0/s1. The molecular formula is C24H29N3O3S. The largest absolute Gasteiger partial charge is 0.493 e. The van der Waals surface area contributed by atoms with Crippen molar-refractivity contribution in [1.29, 1.82) is 0 Å². The van der Waals surface area contributed by atoms with E-state index in [4.69, 9.17) is 9.26 Å². The summed E-state index contributed by atoms with van der Waals surface area (Å²) in [6, 6.07) is 14.1. The van der Waals surface area contributed by atoms with Crippen molar-refractivity contribution in [3.63, 3.8) is 0 Å². The van der Waals surface area contributed by atoms with Gasteiger partial charge in [-0.1, -0.05) is 17.3 Å². The average molecular weight is 440 g/mol. The monoisotopic (exact) mass is 439 g/mol. The predicted molar refractivity (Wildman–Crippen MR) is 121 cm³/mol. The van der Waals surface area contributed by atoms with E-state index in [0.717, 1.165) is 55.3 Å². The highest BCUT2D eigenvalue weighted by molar-refractivity contribution is 7.13. The molecule has 4 rings (SSSR count). The Balaban J connectivity index is 1.24. The molecule has 1 aliphatic heterocycles. The van der Waals surface area contributed by atoms with Gasteiger partial charge in [0.1, 0.15) is 12.0 Å². The van der Waals surface area contributed by atoms with Gasteiger partial charge in [-0.25, -0.2) is 0 Å². The molecule has 1 saturated heterocycles. The predicted octanol–water partition coefficient (Wildman–Crippen LogP) is 4.61. The van der Waals surface area contributed by atoms with Gasteiger partial charge in [0, 0.05) is 43.0 Å². The molecular weight excluding hydrogens is 410 g/mol. The quantitative estimate of drug-likeness (QED) is 0.513. The summed E-state index contributed by atoms with van der Waals surface area (Å²) >= 11 is 1.57. The molecule has 1 atom stereocenters. The summed E-state index contributed by atoms with van der Waals surface area (Å²) in [6.45, 7) is 5.85. The van der Waals surface area contributed by atoms with E-state index >= 15 is 0 Å². The van der Waals surface area contributed by atoms with Gasteiger partial charge in [0.2, 0.25) is 0 Å². The minimum Gasteiger partial charge on any atom is -0.493 e. The molecule has 1 aliphatic rings. The fourth-order valence-electron chi connectivity index (χ4n) is 3.96. The Hall–Kier alpha value is -2.64. The maximum atomic E-state index is 12.7. The lowest BCUT2D eigenvalue weighted by Gasteiger charge is -2.32. The molecule has 0 unspecified atom stereocenters. The highest BCUT2D eigenvalue weighted by Gasteiger charge is 2.25. The number of carbonyl (C=O) groups is 1. The summed E-state index contributed by atoms with van der Waals surface area (Å²) in [5, 5.41) is 3.95. The molecule has 0 saturated carbocycles. The number of benzene rings is 1. The summed E-state index contributed by atoms with van der Waals surface area (Å²) in [4.78, 5) is 18.9. The molecule has 0 N–H and O–H groups in total. The van der Waals surface area contributed by atoms with Crippen molar-refractivity contribution in [3.05, 3.63) is 69.7 Å². The average Bonchev–Trinajstić information content (AvgIpc) is 3.44. The molecule has 0 aliphatic carbocycles. The lowest BCUT2D eigenvalue weighted by Crippen LogP contribution is -2.41. The van der Waals surface area contributed by atoms with Gasteiger partial charge in [-0.05, 0) is 56.6 Å². The molecule has 0 bridgehead atoms. The van der Waals surface area contributed by atoms with E-state index in [0.29, 0.717) is 12.5 Å². The van der Waals surface area contributed by atoms with Crippen LogP contribution < -0.4 is 4.74 Å². The number of hydrogen-bond acceptors (Lipinski definition) is 6. The van der Waals surface area contributed by atoms with Crippen molar-refractivity contribution in [2.75, 3.05) is 26.7 Å². The third kappa shape index (κ3) is 5.95. The van der Waals surface area contributed by atoms with Crippen molar-refractivity contribution in [2.24, 2.45) is 5.92 Å². The van der Waals surface area contributed by atoms with Crippen LogP contribution in [0.1, 0.15) is 38.6 Å². The van der Waals surface area contributed by atoms with Crippen molar-refractivity contribution in [1.82, 2.24) is 15.0 Å². The third-order valence-corrected chi connectivity index (χ3v) is 6.53. The molecule has 6 nitrogen and oxygen atoms in total. The van der Waals surface area contributed by atoms with Crippen LogP contribution in [0.5, 0.6) is 5.75 Å². The van der Waals surface area contributed by atoms with E-state index in [2.05, 4.69) is 29.2 Å². The van der Waals surface area contributed by atoms with E-state index in [1.165, 1.54) is 10.4 Å². The molecule has 7 heteroatoms. The molecule has 3 heterocycles. The fraction of sp³-hybridized carbons (Fsp3) is 0.417. The molecule has 1 amide bonds. The summed E-state index contributed by atoms with van der Waals surface area (Å²) in [6.07, 6.45) is 3.72. The number of carbonyl (C=O) groups excluding carboxylic acids is 1. The van der Waals surface area contributed by atoms with E-state index in [-0.39, 0.29) is 5.91 Å². The Morgan fingerprint density at radius 2 is 2.06 bits per heavy atom. The molecule has 0 radical (unpaired) electrons. The lowest BCUT2D eigenvalue weighted by atomic mass is 9.99. The van der Waals surface area contributed by atoms with Crippen LogP contribution in [0.3, 0.4) is 0 Å². The van der Waals surface area contributed by atoms with Crippen LogP contribution in [0.4, 0.5) is 0 Å². The van der Waals surface area contributed by atoms with Crippen LogP contribution in [0.15, 0.2) is 53.3 Å². The van der Waals surface area contributed by atoms with Gasteiger partial charge in [-0.3, -0.25) is 9.69 Å². The first-order chi connectivity index (χ1) is 15.1. The molecule has 164 valence electrons. The number of aromatic nitrogens is 1. The summed E-state index contributed by atoms with van der Waals surface area (Å²) in [5.41, 5.74) is 2.15. The number of likely N-dealkylation sites (tertiary alicyclic amines) is 1. The van der Waals surface area contributed by atoms with Gasteiger partial charge in [0.25, 0.3) is 5.91 Å². The SMILES string of the molecule is Cc1ccc(C(=O)N2CCC[C@H](COc3ccc(CN(C)Cc4ccon4)cc3)C2)s1.